The Labute approximate surface area is 136 Å². The van der Waals surface area contributed by atoms with Crippen LogP contribution >= 0.6 is 0 Å². The number of benzene rings is 2. The van der Waals surface area contributed by atoms with E-state index in [1.165, 1.54) is 19.1 Å². The van der Waals surface area contributed by atoms with Crippen LogP contribution in [0.25, 0.3) is 11.1 Å². The summed E-state index contributed by atoms with van der Waals surface area (Å²) in [6, 6.07) is 13.8. The first kappa shape index (κ1) is 15.4. The molecule has 23 heavy (non-hydrogen) atoms. The Balaban J connectivity index is 1.86. The van der Waals surface area contributed by atoms with E-state index in [1.54, 1.807) is 7.11 Å². The van der Waals surface area contributed by atoms with Crippen molar-refractivity contribution in [1.82, 2.24) is 0 Å². The molecular formula is C19H21NO3. The third-order valence-electron chi connectivity index (χ3n) is 4.21. The summed E-state index contributed by atoms with van der Waals surface area (Å²) in [5, 5.41) is 11.6. The summed E-state index contributed by atoms with van der Waals surface area (Å²) in [5.41, 5.74) is 3.01. The molecule has 1 aliphatic rings. The number of hydrogen-bond donors (Lipinski definition) is 1. The maximum atomic E-state index is 8.57. The van der Waals surface area contributed by atoms with E-state index >= 15 is 0 Å². The van der Waals surface area contributed by atoms with Crippen molar-refractivity contribution in [2.75, 3.05) is 7.11 Å². The van der Waals surface area contributed by atoms with Gasteiger partial charge in [-0.05, 0) is 54.5 Å². The van der Waals surface area contributed by atoms with E-state index in [9.17, 15) is 0 Å². The molecule has 120 valence electrons. The molecule has 2 aromatic rings. The van der Waals surface area contributed by atoms with E-state index in [1.807, 2.05) is 42.5 Å². The van der Waals surface area contributed by atoms with Crippen molar-refractivity contribution in [2.24, 2.45) is 5.16 Å². The maximum Gasteiger partial charge on any atom is 0.162 e. The molecule has 0 aliphatic heterocycles. The van der Waals surface area contributed by atoms with Crippen molar-refractivity contribution >= 4 is 6.21 Å². The van der Waals surface area contributed by atoms with Crippen LogP contribution in [0.2, 0.25) is 0 Å². The second-order valence-corrected chi connectivity index (χ2v) is 5.76. The number of ether oxygens (including phenoxy) is 2. The summed E-state index contributed by atoms with van der Waals surface area (Å²) in [7, 11) is 1.67. The van der Waals surface area contributed by atoms with Gasteiger partial charge in [0.1, 0.15) is 0 Å². The second kappa shape index (κ2) is 7.18. The first-order chi connectivity index (χ1) is 11.3. The molecule has 0 bridgehead atoms. The van der Waals surface area contributed by atoms with E-state index in [0.717, 1.165) is 41.0 Å². The maximum absolute atomic E-state index is 8.57. The lowest BCUT2D eigenvalue weighted by Gasteiger charge is -2.17. The zero-order valence-corrected chi connectivity index (χ0v) is 13.2. The van der Waals surface area contributed by atoms with E-state index in [-0.39, 0.29) is 0 Å². The van der Waals surface area contributed by atoms with E-state index in [0.29, 0.717) is 6.10 Å². The summed E-state index contributed by atoms with van der Waals surface area (Å²) in [6.07, 6.45) is 6.40. The van der Waals surface area contributed by atoms with Crippen LogP contribution in [0, 0.1) is 0 Å². The molecule has 0 aromatic heterocycles. The van der Waals surface area contributed by atoms with Gasteiger partial charge in [0.15, 0.2) is 11.5 Å². The predicted octanol–water partition coefficient (Wildman–Crippen LogP) is 4.49. The smallest absolute Gasteiger partial charge is 0.162 e. The Morgan fingerprint density at radius 3 is 2.35 bits per heavy atom. The fourth-order valence-corrected chi connectivity index (χ4v) is 2.96. The van der Waals surface area contributed by atoms with Gasteiger partial charge in [0.25, 0.3) is 0 Å². The number of nitrogens with zero attached hydrogens (tertiary/aromatic N) is 1. The van der Waals surface area contributed by atoms with Gasteiger partial charge in [-0.1, -0.05) is 35.5 Å². The quantitative estimate of drug-likeness (QED) is 0.503. The van der Waals surface area contributed by atoms with Crippen molar-refractivity contribution < 1.29 is 14.7 Å². The third-order valence-corrected chi connectivity index (χ3v) is 4.21. The molecule has 4 nitrogen and oxygen atoms in total. The number of oxime groups is 1. The molecule has 4 heteroatoms. The molecule has 2 aromatic carbocycles. The fraction of sp³-hybridized carbons (Fsp3) is 0.316. The minimum absolute atomic E-state index is 0.294. The summed E-state index contributed by atoms with van der Waals surface area (Å²) >= 11 is 0. The Morgan fingerprint density at radius 1 is 1.00 bits per heavy atom. The molecule has 3 rings (SSSR count). The lowest BCUT2D eigenvalue weighted by atomic mass is 10.0. The van der Waals surface area contributed by atoms with Crippen molar-refractivity contribution in [2.45, 2.75) is 31.8 Å². The molecule has 0 spiro atoms. The van der Waals surface area contributed by atoms with Crippen LogP contribution in [0.4, 0.5) is 0 Å². The lowest BCUT2D eigenvalue weighted by molar-refractivity contribution is 0.201. The van der Waals surface area contributed by atoms with E-state index in [2.05, 4.69) is 5.16 Å². The largest absolute Gasteiger partial charge is 0.493 e. The summed E-state index contributed by atoms with van der Waals surface area (Å²) in [6.45, 7) is 0. The first-order valence-corrected chi connectivity index (χ1v) is 7.92. The fourth-order valence-electron chi connectivity index (χ4n) is 2.96. The number of methoxy groups -OCH3 is 1. The second-order valence-electron chi connectivity index (χ2n) is 5.76. The third kappa shape index (κ3) is 3.65. The normalized spacial score (nSPS) is 15.2. The van der Waals surface area contributed by atoms with Crippen molar-refractivity contribution in [1.29, 1.82) is 0 Å². The number of hydrogen-bond acceptors (Lipinski definition) is 4. The van der Waals surface area contributed by atoms with Gasteiger partial charge in [-0.15, -0.1) is 0 Å². The van der Waals surface area contributed by atoms with Crippen LogP contribution < -0.4 is 9.47 Å². The molecule has 1 fully saturated rings. The average Bonchev–Trinajstić information content (AvgIpc) is 3.09. The zero-order chi connectivity index (χ0) is 16.1. The van der Waals surface area contributed by atoms with Crippen LogP contribution in [0.15, 0.2) is 47.6 Å². The van der Waals surface area contributed by atoms with Crippen molar-refractivity contribution in [3.63, 3.8) is 0 Å². The molecule has 0 atom stereocenters. The summed E-state index contributed by atoms with van der Waals surface area (Å²) in [5.74, 6) is 1.57. The van der Waals surface area contributed by atoms with Gasteiger partial charge < -0.3 is 14.7 Å². The highest BCUT2D eigenvalue weighted by atomic mass is 16.5. The summed E-state index contributed by atoms with van der Waals surface area (Å²) in [4.78, 5) is 0. The standard InChI is InChI=1S/C19H21NO3/c1-22-18-11-10-16(12-19(18)23-17-4-2-3-5-17)15-8-6-14(7-9-15)13-20-21/h6-13,17,21H,2-5H2,1H3. The highest BCUT2D eigenvalue weighted by Crippen LogP contribution is 2.35. The molecule has 1 saturated carbocycles. The highest BCUT2D eigenvalue weighted by molar-refractivity contribution is 5.80. The van der Waals surface area contributed by atoms with Crippen LogP contribution in [0.5, 0.6) is 11.5 Å². The molecule has 0 heterocycles. The van der Waals surface area contributed by atoms with Crippen molar-refractivity contribution in [3.05, 3.63) is 48.0 Å². The minimum atomic E-state index is 0.294. The topological polar surface area (TPSA) is 51.0 Å². The predicted molar refractivity (Wildman–Crippen MR) is 90.7 cm³/mol. The highest BCUT2D eigenvalue weighted by Gasteiger charge is 2.18. The van der Waals surface area contributed by atoms with Gasteiger partial charge in [-0.3, -0.25) is 0 Å². The van der Waals surface area contributed by atoms with E-state index in [4.69, 9.17) is 14.7 Å². The molecular weight excluding hydrogens is 290 g/mol. The first-order valence-electron chi connectivity index (χ1n) is 7.92. The Morgan fingerprint density at radius 2 is 1.70 bits per heavy atom. The Kier molecular flexibility index (Phi) is 4.81. The lowest BCUT2D eigenvalue weighted by Crippen LogP contribution is -2.11. The van der Waals surface area contributed by atoms with Gasteiger partial charge in [0, 0.05) is 0 Å². The van der Waals surface area contributed by atoms with Gasteiger partial charge in [0.05, 0.1) is 19.4 Å². The van der Waals surface area contributed by atoms with Gasteiger partial charge in [-0.2, -0.15) is 0 Å². The molecule has 0 radical (unpaired) electrons. The zero-order valence-electron chi connectivity index (χ0n) is 13.2. The van der Waals surface area contributed by atoms with Crippen LogP contribution in [-0.2, 0) is 0 Å². The average molecular weight is 311 g/mol. The monoisotopic (exact) mass is 311 g/mol. The minimum Gasteiger partial charge on any atom is -0.493 e. The van der Waals surface area contributed by atoms with Gasteiger partial charge in [-0.25, -0.2) is 0 Å². The molecule has 0 amide bonds. The van der Waals surface area contributed by atoms with Gasteiger partial charge in [0.2, 0.25) is 0 Å². The van der Waals surface area contributed by atoms with Crippen LogP contribution in [0.1, 0.15) is 31.2 Å². The van der Waals surface area contributed by atoms with Crippen LogP contribution in [0.3, 0.4) is 0 Å². The number of rotatable bonds is 5. The molecule has 0 saturated heterocycles. The van der Waals surface area contributed by atoms with E-state index < -0.39 is 0 Å². The SMILES string of the molecule is COc1ccc(-c2ccc(C=NO)cc2)cc1OC1CCCC1. The molecule has 0 unspecified atom stereocenters. The molecule has 1 aliphatic carbocycles. The van der Waals surface area contributed by atoms with Crippen molar-refractivity contribution in [3.8, 4) is 22.6 Å². The van der Waals surface area contributed by atoms with Crippen LogP contribution in [-0.4, -0.2) is 24.6 Å². The Hall–Kier alpha value is -2.49. The van der Waals surface area contributed by atoms with Gasteiger partial charge >= 0.3 is 0 Å². The molecule has 1 N–H and O–H groups in total. The summed E-state index contributed by atoms with van der Waals surface area (Å²) < 4.78 is 11.6. The Bertz CT molecular complexity index is 674.